The monoisotopic (exact) mass is 614 g/mol. The third-order valence-corrected chi connectivity index (χ3v) is 9.42. The molecule has 5 rings (SSSR count). The average molecular weight is 615 g/mol. The van der Waals surface area contributed by atoms with E-state index in [-0.39, 0.29) is 39.7 Å². The lowest BCUT2D eigenvalue weighted by Crippen LogP contribution is -2.39. The van der Waals surface area contributed by atoms with Crippen molar-refractivity contribution in [1.82, 2.24) is 15.3 Å². The summed E-state index contributed by atoms with van der Waals surface area (Å²) in [5, 5.41) is 12.9. The first-order chi connectivity index (χ1) is 20.7. The minimum absolute atomic E-state index is 0.0327. The van der Waals surface area contributed by atoms with Crippen LogP contribution in [0.5, 0.6) is 5.88 Å². The first kappa shape index (κ1) is 31.2. The summed E-state index contributed by atoms with van der Waals surface area (Å²) < 4.78 is 35.4. The molecule has 0 bridgehead atoms. The van der Waals surface area contributed by atoms with Crippen LogP contribution >= 0.6 is 0 Å². The summed E-state index contributed by atoms with van der Waals surface area (Å²) in [7, 11) is -4.21. The number of nitrogens with zero attached hydrogens (tertiary/aromatic N) is 2. The van der Waals surface area contributed by atoms with Crippen LogP contribution in [0, 0.1) is 13.8 Å². The van der Waals surface area contributed by atoms with Crippen molar-refractivity contribution in [3.05, 3.63) is 100 Å². The van der Waals surface area contributed by atoms with Crippen LogP contribution in [0.15, 0.2) is 71.6 Å². The number of hydrogen-bond acceptors (Lipinski definition) is 7. The lowest BCUT2D eigenvalue weighted by atomic mass is 9.80. The van der Waals surface area contributed by atoms with Gasteiger partial charge in [0.05, 0.1) is 22.8 Å². The first-order valence-corrected chi connectivity index (χ1v) is 16.0. The van der Waals surface area contributed by atoms with Gasteiger partial charge in [0.1, 0.15) is 0 Å². The third kappa shape index (κ3) is 6.61. The van der Waals surface area contributed by atoms with Gasteiger partial charge in [0.15, 0.2) is 0 Å². The van der Waals surface area contributed by atoms with Crippen molar-refractivity contribution in [2.24, 2.45) is 0 Å². The number of carboxylic acid groups (broad SMARTS) is 1. The summed E-state index contributed by atoms with van der Waals surface area (Å²) in [6.07, 6.45) is 0. The number of fused-ring (bicyclic) bond motifs is 1. The van der Waals surface area contributed by atoms with Crippen LogP contribution in [0.4, 0.5) is 5.95 Å². The Morgan fingerprint density at radius 3 is 2.41 bits per heavy atom. The molecule has 0 spiro atoms. The third-order valence-electron chi connectivity index (χ3n) is 8.09. The molecule has 2 heterocycles. The zero-order valence-electron chi connectivity index (χ0n) is 25.8. The molecule has 10 heteroatoms. The number of rotatable bonds is 8. The summed E-state index contributed by atoms with van der Waals surface area (Å²) >= 11 is 0. The molecule has 1 aliphatic rings. The second-order valence-corrected chi connectivity index (χ2v) is 14.1. The Bertz CT molecular complexity index is 1810. The van der Waals surface area contributed by atoms with Crippen LogP contribution < -0.4 is 14.8 Å². The zero-order valence-corrected chi connectivity index (χ0v) is 26.6. The molecule has 0 fully saturated rings. The molecular formula is C34H38N4O5S. The minimum Gasteiger partial charge on any atom is -0.478 e. The van der Waals surface area contributed by atoms with Gasteiger partial charge in [-0.3, -0.25) is 0 Å². The maximum absolute atomic E-state index is 13.3. The van der Waals surface area contributed by atoms with Gasteiger partial charge in [-0.25, -0.2) is 22.9 Å². The van der Waals surface area contributed by atoms with Crippen LogP contribution in [-0.4, -0.2) is 42.1 Å². The topological polar surface area (TPSA) is 131 Å². The fourth-order valence-electron chi connectivity index (χ4n) is 5.55. The van der Waals surface area contributed by atoms with E-state index in [0.717, 1.165) is 29.3 Å². The molecule has 3 N–H and O–H groups in total. The van der Waals surface area contributed by atoms with E-state index < -0.39 is 16.0 Å². The standard InChI is InChI=1S/C34H38N4O5S/c1-20-9-7-10-21(2)31(20)29-17-30(37-33(36-29)38-44(41,42)26-12-8-11-23(16-26)32(39)40)43-19-28-22(3)35-18-24-15-25(34(4,5)6)13-14-27(24)28/h7-17,22,28,35H,18-19H2,1-6H3,(H,39,40)(H,36,37,38). The van der Waals surface area contributed by atoms with Crippen LogP contribution in [0.25, 0.3) is 11.3 Å². The van der Waals surface area contributed by atoms with Crippen molar-refractivity contribution >= 4 is 21.9 Å². The molecule has 0 saturated heterocycles. The highest BCUT2D eigenvalue weighted by atomic mass is 32.2. The summed E-state index contributed by atoms with van der Waals surface area (Å²) in [5.74, 6) is -1.15. The smallest absolute Gasteiger partial charge is 0.335 e. The molecule has 0 radical (unpaired) electrons. The number of benzene rings is 3. The van der Waals surface area contributed by atoms with E-state index in [0.29, 0.717) is 12.3 Å². The van der Waals surface area contributed by atoms with E-state index in [1.54, 1.807) is 6.07 Å². The van der Waals surface area contributed by atoms with Gasteiger partial charge in [-0.05, 0) is 72.2 Å². The lowest BCUT2D eigenvalue weighted by Gasteiger charge is -2.33. The van der Waals surface area contributed by atoms with E-state index >= 15 is 0 Å². The Labute approximate surface area is 258 Å². The van der Waals surface area contributed by atoms with Gasteiger partial charge in [0.2, 0.25) is 11.8 Å². The van der Waals surface area contributed by atoms with Crippen molar-refractivity contribution < 1.29 is 23.1 Å². The number of nitrogens with one attached hydrogen (secondary N) is 2. The second kappa shape index (κ2) is 12.0. The van der Waals surface area contributed by atoms with Crippen molar-refractivity contribution in [3.63, 3.8) is 0 Å². The normalized spacial score (nSPS) is 16.7. The largest absolute Gasteiger partial charge is 0.478 e. The van der Waals surface area contributed by atoms with Crippen LogP contribution in [0.1, 0.15) is 71.8 Å². The number of anilines is 1. The molecule has 230 valence electrons. The van der Waals surface area contributed by atoms with Crippen molar-refractivity contribution in [2.45, 2.75) is 70.4 Å². The molecular weight excluding hydrogens is 576 g/mol. The first-order valence-electron chi connectivity index (χ1n) is 14.5. The van der Waals surface area contributed by atoms with Crippen molar-refractivity contribution in [1.29, 1.82) is 0 Å². The van der Waals surface area contributed by atoms with E-state index in [2.05, 4.69) is 65.9 Å². The summed E-state index contributed by atoms with van der Waals surface area (Å²) in [4.78, 5) is 20.2. The quantitative estimate of drug-likeness (QED) is 0.214. The molecule has 0 amide bonds. The van der Waals surface area contributed by atoms with E-state index in [9.17, 15) is 18.3 Å². The Morgan fingerprint density at radius 2 is 1.73 bits per heavy atom. The highest BCUT2D eigenvalue weighted by Crippen LogP contribution is 2.34. The summed E-state index contributed by atoms with van der Waals surface area (Å²) in [5.41, 5.74) is 6.89. The van der Waals surface area contributed by atoms with Gasteiger partial charge in [0.25, 0.3) is 10.0 Å². The Hall–Kier alpha value is -4.28. The number of carboxylic acids is 1. The van der Waals surface area contributed by atoms with Crippen LogP contribution in [0.3, 0.4) is 0 Å². The predicted molar refractivity (Wildman–Crippen MR) is 171 cm³/mol. The predicted octanol–water partition coefficient (Wildman–Crippen LogP) is 6.21. The molecule has 1 aromatic heterocycles. The van der Waals surface area contributed by atoms with Gasteiger partial charge in [-0.15, -0.1) is 0 Å². The summed E-state index contributed by atoms with van der Waals surface area (Å²) in [6, 6.07) is 19.5. The molecule has 2 atom stereocenters. The number of aryl methyl sites for hydroxylation is 2. The van der Waals surface area contributed by atoms with Gasteiger partial charge in [-0.2, -0.15) is 4.98 Å². The number of ether oxygens (including phenoxy) is 1. The fourth-order valence-corrected chi connectivity index (χ4v) is 6.53. The zero-order chi connectivity index (χ0) is 31.8. The highest BCUT2D eigenvalue weighted by molar-refractivity contribution is 7.92. The van der Waals surface area contributed by atoms with Crippen molar-refractivity contribution in [3.8, 4) is 17.1 Å². The average Bonchev–Trinajstić information content (AvgIpc) is 2.95. The molecule has 3 aromatic carbocycles. The molecule has 4 aromatic rings. The Morgan fingerprint density at radius 1 is 1.02 bits per heavy atom. The SMILES string of the molecule is Cc1cccc(C)c1-c1cc(OCC2c3ccc(C(C)(C)C)cc3CNC2C)nc(NS(=O)(=O)c2cccc(C(=O)O)c2)n1. The van der Waals surface area contributed by atoms with Gasteiger partial charge >= 0.3 is 5.97 Å². The minimum atomic E-state index is -4.21. The summed E-state index contributed by atoms with van der Waals surface area (Å²) in [6.45, 7) is 13.7. The Balaban J connectivity index is 1.50. The number of hydrogen-bond donors (Lipinski definition) is 3. The maximum atomic E-state index is 13.3. The molecule has 2 unspecified atom stereocenters. The highest BCUT2D eigenvalue weighted by Gasteiger charge is 2.29. The maximum Gasteiger partial charge on any atom is 0.335 e. The lowest BCUT2D eigenvalue weighted by molar-refractivity contribution is 0.0696. The number of sulfonamides is 1. The molecule has 44 heavy (non-hydrogen) atoms. The van der Waals surface area contributed by atoms with Gasteiger partial charge in [-0.1, -0.05) is 63.2 Å². The number of aromatic carboxylic acids is 1. The molecule has 9 nitrogen and oxygen atoms in total. The van der Waals surface area contributed by atoms with E-state index in [1.165, 1.54) is 34.9 Å². The van der Waals surface area contributed by atoms with E-state index in [4.69, 9.17) is 4.74 Å². The second-order valence-electron chi connectivity index (χ2n) is 12.4. The van der Waals surface area contributed by atoms with Crippen LogP contribution in [-0.2, 0) is 22.0 Å². The fraction of sp³-hybridized carbons (Fsp3) is 0.324. The molecule has 0 saturated carbocycles. The van der Waals surface area contributed by atoms with Gasteiger partial charge in [0, 0.05) is 30.1 Å². The number of carbonyl (C=O) groups is 1. The van der Waals surface area contributed by atoms with Crippen LogP contribution in [0.2, 0.25) is 0 Å². The molecule has 1 aliphatic heterocycles. The van der Waals surface area contributed by atoms with Crippen molar-refractivity contribution in [2.75, 3.05) is 11.3 Å². The van der Waals surface area contributed by atoms with Gasteiger partial charge < -0.3 is 15.2 Å². The molecule has 0 aliphatic carbocycles. The van der Waals surface area contributed by atoms with E-state index in [1.807, 2.05) is 32.0 Å². The Kier molecular flexibility index (Phi) is 8.51. The number of aromatic nitrogens is 2.